The van der Waals surface area contributed by atoms with Crippen LogP contribution >= 0.6 is 11.3 Å². The number of carbonyl (C=O) groups excluding carboxylic acids is 1. The molecule has 1 aromatic heterocycles. The number of hydrogen-bond acceptors (Lipinski definition) is 3. The summed E-state index contributed by atoms with van der Waals surface area (Å²) in [6.45, 7) is 6.00. The first-order chi connectivity index (χ1) is 13.9. The molecule has 0 spiro atoms. The molecule has 2 unspecified atom stereocenters. The van der Waals surface area contributed by atoms with Gasteiger partial charge < -0.3 is 4.74 Å². The summed E-state index contributed by atoms with van der Waals surface area (Å²) >= 11 is 1.78. The predicted octanol–water partition coefficient (Wildman–Crippen LogP) is 5.08. The van der Waals surface area contributed by atoms with Crippen LogP contribution in [-0.4, -0.2) is 12.6 Å². The summed E-state index contributed by atoms with van der Waals surface area (Å²) in [6.07, 6.45) is 8.04. The SMILES string of the molecule is Cc1c(CCOC(=O)C23C[C@@H]4C[C@@H](CC(C)(C4)C2)C3)sc[n+]1Cc1ccccc1. The Morgan fingerprint density at radius 3 is 2.59 bits per heavy atom. The molecule has 4 aliphatic rings. The molecule has 154 valence electrons. The van der Waals surface area contributed by atoms with E-state index in [4.69, 9.17) is 4.74 Å². The number of thiazole rings is 1. The molecule has 3 nitrogen and oxygen atoms in total. The average molecular weight is 411 g/mol. The summed E-state index contributed by atoms with van der Waals surface area (Å²) in [5.41, 5.74) is 5.01. The number of aromatic nitrogens is 1. The maximum absolute atomic E-state index is 13.1. The topological polar surface area (TPSA) is 30.2 Å². The maximum Gasteiger partial charge on any atom is 0.312 e. The normalized spacial score (nSPS) is 32.5. The van der Waals surface area contributed by atoms with Crippen LogP contribution in [0, 0.1) is 29.6 Å². The zero-order chi connectivity index (χ0) is 20.1. The van der Waals surface area contributed by atoms with Crippen LogP contribution in [0.3, 0.4) is 0 Å². The standard InChI is InChI=1S/C25H32NO2S/c1-18-22(29-17-26(18)15-19-6-4-3-5-7-19)8-9-28-23(27)25-13-20-10-21(14-25)12-24(2,11-20)16-25/h3-7,17,20-21H,8-16H2,1-2H3/q+1/t20-,21+,24?,25?. The van der Waals surface area contributed by atoms with Crippen molar-refractivity contribution in [1.29, 1.82) is 0 Å². The lowest BCUT2D eigenvalue weighted by Gasteiger charge is -2.59. The van der Waals surface area contributed by atoms with E-state index in [0.717, 1.165) is 44.1 Å². The van der Waals surface area contributed by atoms with E-state index in [-0.39, 0.29) is 11.4 Å². The molecule has 4 heteroatoms. The van der Waals surface area contributed by atoms with E-state index in [9.17, 15) is 4.79 Å². The summed E-state index contributed by atoms with van der Waals surface area (Å²) in [5, 5.41) is 0. The van der Waals surface area contributed by atoms with Gasteiger partial charge in [-0.2, -0.15) is 4.57 Å². The fourth-order valence-corrected chi connectivity index (χ4v) is 7.95. The number of rotatable bonds is 6. The van der Waals surface area contributed by atoms with E-state index in [1.54, 1.807) is 11.3 Å². The van der Waals surface area contributed by atoms with Crippen molar-refractivity contribution < 1.29 is 14.1 Å². The van der Waals surface area contributed by atoms with Crippen LogP contribution < -0.4 is 4.57 Å². The molecular formula is C25H32NO2S+. The van der Waals surface area contributed by atoms with Crippen molar-refractivity contribution in [2.24, 2.45) is 22.7 Å². The van der Waals surface area contributed by atoms with Gasteiger partial charge in [0, 0.05) is 18.9 Å². The van der Waals surface area contributed by atoms with Crippen molar-refractivity contribution in [2.45, 2.75) is 65.3 Å². The Labute approximate surface area is 178 Å². The van der Waals surface area contributed by atoms with Crippen LogP contribution in [0.1, 0.15) is 61.6 Å². The second-order valence-electron chi connectivity index (χ2n) is 10.3. The van der Waals surface area contributed by atoms with E-state index < -0.39 is 0 Å². The van der Waals surface area contributed by atoms with Gasteiger partial charge in [-0.05, 0) is 55.8 Å². The van der Waals surface area contributed by atoms with Crippen LogP contribution in [0.2, 0.25) is 0 Å². The Kier molecular flexibility index (Phi) is 4.81. The van der Waals surface area contributed by atoms with Crippen molar-refractivity contribution in [3.8, 4) is 0 Å². The van der Waals surface area contributed by atoms with E-state index in [1.165, 1.54) is 35.4 Å². The monoisotopic (exact) mass is 410 g/mol. The number of ether oxygens (including phenoxy) is 1. The Morgan fingerprint density at radius 1 is 1.17 bits per heavy atom. The van der Waals surface area contributed by atoms with E-state index in [2.05, 4.69) is 54.3 Å². The minimum absolute atomic E-state index is 0.101. The van der Waals surface area contributed by atoms with Crippen LogP contribution in [0.5, 0.6) is 0 Å². The van der Waals surface area contributed by atoms with Gasteiger partial charge in [-0.3, -0.25) is 4.79 Å². The summed E-state index contributed by atoms with van der Waals surface area (Å²) in [5.74, 6) is 1.61. The molecule has 2 aromatic rings. The number of nitrogens with zero attached hydrogens (tertiary/aromatic N) is 1. The molecule has 1 aromatic carbocycles. The number of esters is 1. The summed E-state index contributed by atoms with van der Waals surface area (Å²) in [4.78, 5) is 14.5. The zero-order valence-corrected chi connectivity index (χ0v) is 18.5. The second-order valence-corrected chi connectivity index (χ2v) is 11.2. The van der Waals surface area contributed by atoms with Crippen LogP contribution in [0.4, 0.5) is 0 Å². The molecule has 29 heavy (non-hydrogen) atoms. The highest BCUT2D eigenvalue weighted by atomic mass is 32.1. The smallest absolute Gasteiger partial charge is 0.312 e. The lowest BCUT2D eigenvalue weighted by Crippen LogP contribution is -2.54. The van der Waals surface area contributed by atoms with Gasteiger partial charge in [0.2, 0.25) is 5.51 Å². The lowest BCUT2D eigenvalue weighted by atomic mass is 9.44. The largest absolute Gasteiger partial charge is 0.465 e. The fraction of sp³-hybridized carbons (Fsp3) is 0.600. The van der Waals surface area contributed by atoms with Crippen molar-refractivity contribution >= 4 is 17.3 Å². The first kappa shape index (κ1) is 19.3. The van der Waals surface area contributed by atoms with E-state index in [0.29, 0.717) is 12.0 Å². The van der Waals surface area contributed by atoms with Gasteiger partial charge in [-0.15, -0.1) is 0 Å². The molecule has 4 atom stereocenters. The third kappa shape index (κ3) is 3.65. The number of carbonyl (C=O) groups is 1. The van der Waals surface area contributed by atoms with Gasteiger partial charge in [-0.1, -0.05) is 48.6 Å². The van der Waals surface area contributed by atoms with Crippen molar-refractivity contribution in [3.63, 3.8) is 0 Å². The molecule has 4 aliphatic carbocycles. The van der Waals surface area contributed by atoms with Gasteiger partial charge in [-0.25, -0.2) is 0 Å². The Hall–Kier alpha value is -1.68. The van der Waals surface area contributed by atoms with Crippen molar-refractivity contribution in [3.05, 3.63) is 52.0 Å². The van der Waals surface area contributed by atoms with E-state index >= 15 is 0 Å². The molecule has 1 heterocycles. The molecule has 4 bridgehead atoms. The molecular weight excluding hydrogens is 378 g/mol. The van der Waals surface area contributed by atoms with Gasteiger partial charge in [0.25, 0.3) is 0 Å². The Morgan fingerprint density at radius 2 is 1.90 bits per heavy atom. The zero-order valence-electron chi connectivity index (χ0n) is 17.7. The molecule has 0 N–H and O–H groups in total. The summed E-state index contributed by atoms with van der Waals surface area (Å²) in [6, 6.07) is 10.6. The molecule has 0 radical (unpaired) electrons. The molecule has 4 fully saturated rings. The van der Waals surface area contributed by atoms with Crippen LogP contribution in [0.25, 0.3) is 0 Å². The van der Waals surface area contributed by atoms with Crippen LogP contribution in [0.15, 0.2) is 35.8 Å². The molecule has 0 saturated heterocycles. The Bertz CT molecular complexity index is 889. The lowest BCUT2D eigenvalue weighted by molar-refractivity contribution is -0.689. The number of hydrogen-bond donors (Lipinski definition) is 0. The first-order valence-electron chi connectivity index (χ1n) is 11.1. The summed E-state index contributed by atoms with van der Waals surface area (Å²) < 4.78 is 8.22. The van der Waals surface area contributed by atoms with Crippen molar-refractivity contribution in [1.82, 2.24) is 0 Å². The molecule has 0 aliphatic heterocycles. The molecule has 4 saturated carbocycles. The van der Waals surface area contributed by atoms with Gasteiger partial charge >= 0.3 is 5.97 Å². The molecule has 6 rings (SSSR count). The Balaban J connectivity index is 1.19. The van der Waals surface area contributed by atoms with Crippen molar-refractivity contribution in [2.75, 3.05) is 6.61 Å². The highest BCUT2D eigenvalue weighted by Gasteiger charge is 2.59. The van der Waals surface area contributed by atoms with Gasteiger partial charge in [0.05, 0.1) is 16.9 Å². The minimum atomic E-state index is -0.170. The quantitative estimate of drug-likeness (QED) is 0.491. The van der Waals surface area contributed by atoms with Crippen LogP contribution in [-0.2, 0) is 22.5 Å². The van der Waals surface area contributed by atoms with E-state index in [1.807, 2.05) is 0 Å². The highest BCUT2D eigenvalue weighted by Crippen LogP contribution is 2.65. The predicted molar refractivity (Wildman–Crippen MR) is 115 cm³/mol. The third-order valence-electron chi connectivity index (χ3n) is 7.70. The molecule has 0 amide bonds. The van der Waals surface area contributed by atoms with Gasteiger partial charge in [0.1, 0.15) is 0 Å². The average Bonchev–Trinajstić information content (AvgIpc) is 3.00. The summed E-state index contributed by atoms with van der Waals surface area (Å²) in [7, 11) is 0. The van der Waals surface area contributed by atoms with Gasteiger partial charge in [0.15, 0.2) is 12.2 Å². The highest BCUT2D eigenvalue weighted by molar-refractivity contribution is 7.09. The third-order valence-corrected chi connectivity index (χ3v) is 8.85. The minimum Gasteiger partial charge on any atom is -0.465 e. The fourth-order valence-electron chi connectivity index (χ4n) is 6.98. The maximum atomic E-state index is 13.1. The second kappa shape index (κ2) is 7.23. The first-order valence-corrected chi connectivity index (χ1v) is 12.0. The number of benzene rings is 1.